The van der Waals surface area contributed by atoms with Gasteiger partial charge in [-0.2, -0.15) is 0 Å². The number of morpholine rings is 1. The Hall–Kier alpha value is -2.83. The fourth-order valence-corrected chi connectivity index (χ4v) is 5.92. The predicted octanol–water partition coefficient (Wildman–Crippen LogP) is 5.22. The Kier molecular flexibility index (Phi) is 10.4. The molecule has 1 fully saturated rings. The Morgan fingerprint density at radius 3 is 2.39 bits per heavy atom. The molecule has 0 spiro atoms. The molecule has 1 aromatic heterocycles. The molecule has 3 aromatic rings. The number of halogens is 1. The standard InChI is InChI=1S/C31H39IN4O5/c1-3-4-11-36-27(26(19-32)33-31(36)35-12-14-39-15-13-35)22-34(20-23-5-8-25(9-6-23)30(37)38-2)21-24-7-10-28-29(18-24)41-17-16-40-28/h5-10,18H,3-4,11-17,19-22H2,1-2H3. The van der Waals surface area contributed by atoms with Crippen LogP contribution in [0.1, 0.15) is 52.6 Å². The summed E-state index contributed by atoms with van der Waals surface area (Å²) in [4.78, 5) is 22.0. The Bertz CT molecular complexity index is 1310. The molecule has 0 N–H and O–H groups in total. The zero-order valence-corrected chi connectivity index (χ0v) is 26.1. The van der Waals surface area contributed by atoms with Gasteiger partial charge in [-0.1, -0.05) is 54.1 Å². The average Bonchev–Trinajstić information content (AvgIpc) is 3.37. The van der Waals surface area contributed by atoms with Gasteiger partial charge in [-0.3, -0.25) is 4.90 Å². The van der Waals surface area contributed by atoms with Crippen molar-refractivity contribution in [2.24, 2.45) is 0 Å². The van der Waals surface area contributed by atoms with Gasteiger partial charge in [0.15, 0.2) is 11.5 Å². The van der Waals surface area contributed by atoms with E-state index in [0.717, 1.165) is 97.5 Å². The maximum absolute atomic E-state index is 12.0. The SMILES string of the molecule is CCCCn1c(N2CCOCC2)nc(CI)c1CN(Cc1ccc(C(=O)OC)cc1)Cc1ccc2c(c1)OCCO2. The summed E-state index contributed by atoms with van der Waals surface area (Å²) in [6.07, 6.45) is 2.21. The second kappa shape index (κ2) is 14.4. The van der Waals surface area contributed by atoms with Crippen LogP contribution >= 0.6 is 22.6 Å². The first-order valence-electron chi connectivity index (χ1n) is 14.3. The monoisotopic (exact) mass is 674 g/mol. The van der Waals surface area contributed by atoms with E-state index in [0.29, 0.717) is 25.3 Å². The summed E-state index contributed by atoms with van der Waals surface area (Å²) in [5.41, 5.74) is 5.23. The van der Waals surface area contributed by atoms with Crippen LogP contribution in [0.5, 0.6) is 11.5 Å². The molecule has 2 aliphatic heterocycles. The van der Waals surface area contributed by atoms with Crippen molar-refractivity contribution in [2.45, 2.75) is 50.4 Å². The average molecular weight is 675 g/mol. The van der Waals surface area contributed by atoms with Gasteiger partial charge in [-0.05, 0) is 41.8 Å². The molecule has 2 aromatic carbocycles. The number of anilines is 1. The molecule has 220 valence electrons. The number of methoxy groups -OCH3 is 1. The third kappa shape index (κ3) is 7.34. The van der Waals surface area contributed by atoms with Crippen LogP contribution in [0.15, 0.2) is 42.5 Å². The number of hydrogen-bond donors (Lipinski definition) is 0. The number of nitrogens with zero attached hydrogens (tertiary/aromatic N) is 4. The van der Waals surface area contributed by atoms with Crippen LogP contribution in [0, 0.1) is 0 Å². The molecule has 0 atom stereocenters. The summed E-state index contributed by atoms with van der Waals surface area (Å²) >= 11 is 2.44. The third-order valence-corrected chi connectivity index (χ3v) is 8.18. The number of esters is 1. The van der Waals surface area contributed by atoms with Crippen molar-refractivity contribution in [2.75, 3.05) is 51.5 Å². The minimum Gasteiger partial charge on any atom is -0.486 e. The Morgan fingerprint density at radius 2 is 1.68 bits per heavy atom. The van der Waals surface area contributed by atoms with E-state index in [4.69, 9.17) is 23.9 Å². The summed E-state index contributed by atoms with van der Waals surface area (Å²) in [6, 6.07) is 13.9. The second-order valence-corrected chi connectivity index (χ2v) is 11.1. The van der Waals surface area contributed by atoms with E-state index in [9.17, 15) is 4.79 Å². The van der Waals surface area contributed by atoms with E-state index < -0.39 is 0 Å². The van der Waals surface area contributed by atoms with Crippen LogP contribution in [0.4, 0.5) is 5.95 Å². The number of unbranched alkanes of at least 4 members (excludes halogenated alkanes) is 1. The summed E-state index contributed by atoms with van der Waals surface area (Å²) in [6.45, 7) is 9.66. The van der Waals surface area contributed by atoms with Crippen molar-refractivity contribution < 1.29 is 23.7 Å². The molecule has 1 saturated heterocycles. The molecule has 0 saturated carbocycles. The molecule has 2 aliphatic rings. The zero-order chi connectivity index (χ0) is 28.6. The van der Waals surface area contributed by atoms with Crippen molar-refractivity contribution in [3.05, 3.63) is 70.5 Å². The molecule has 9 nitrogen and oxygen atoms in total. The molecular formula is C31H39IN4O5. The van der Waals surface area contributed by atoms with Crippen LogP contribution in [0.25, 0.3) is 0 Å². The van der Waals surface area contributed by atoms with E-state index in [1.807, 2.05) is 30.3 Å². The minimum absolute atomic E-state index is 0.327. The molecular weight excluding hydrogens is 635 g/mol. The highest BCUT2D eigenvalue weighted by Crippen LogP contribution is 2.32. The summed E-state index contributed by atoms with van der Waals surface area (Å²) in [7, 11) is 1.41. The van der Waals surface area contributed by atoms with Gasteiger partial charge in [0, 0.05) is 43.7 Å². The van der Waals surface area contributed by atoms with Gasteiger partial charge in [0.05, 0.1) is 37.3 Å². The smallest absolute Gasteiger partial charge is 0.337 e. The lowest BCUT2D eigenvalue weighted by Crippen LogP contribution is -2.38. The van der Waals surface area contributed by atoms with E-state index in [2.05, 4.69) is 56.0 Å². The fourth-order valence-electron chi connectivity index (χ4n) is 5.31. The first-order valence-corrected chi connectivity index (χ1v) is 15.9. The van der Waals surface area contributed by atoms with Crippen LogP contribution in [-0.2, 0) is 40.1 Å². The van der Waals surface area contributed by atoms with Gasteiger partial charge in [-0.25, -0.2) is 9.78 Å². The van der Waals surface area contributed by atoms with Crippen LogP contribution < -0.4 is 14.4 Å². The number of benzene rings is 2. The Morgan fingerprint density at radius 1 is 0.976 bits per heavy atom. The molecule has 0 aliphatic carbocycles. The lowest BCUT2D eigenvalue weighted by molar-refractivity contribution is 0.0600. The number of alkyl halides is 1. The van der Waals surface area contributed by atoms with E-state index >= 15 is 0 Å². The maximum atomic E-state index is 12.0. The number of carbonyl (C=O) groups excluding carboxylic acids is 1. The molecule has 0 bridgehead atoms. The molecule has 3 heterocycles. The Balaban J connectivity index is 1.47. The van der Waals surface area contributed by atoms with Gasteiger partial charge < -0.3 is 28.4 Å². The van der Waals surface area contributed by atoms with Crippen LogP contribution in [-0.4, -0.2) is 67.0 Å². The molecule has 10 heteroatoms. The van der Waals surface area contributed by atoms with Crippen molar-refractivity contribution in [3.63, 3.8) is 0 Å². The van der Waals surface area contributed by atoms with Crippen LogP contribution in [0.3, 0.4) is 0 Å². The normalized spacial score (nSPS) is 14.9. The summed E-state index contributed by atoms with van der Waals surface area (Å²) < 4.78 is 25.5. The molecule has 0 amide bonds. The first kappa shape index (κ1) is 29.7. The molecule has 0 radical (unpaired) electrons. The van der Waals surface area contributed by atoms with Crippen LogP contribution in [0.2, 0.25) is 0 Å². The number of rotatable bonds is 12. The Labute approximate surface area is 255 Å². The van der Waals surface area contributed by atoms with Gasteiger partial charge in [0.2, 0.25) is 5.95 Å². The topological polar surface area (TPSA) is 78.3 Å². The maximum Gasteiger partial charge on any atom is 0.337 e. The van der Waals surface area contributed by atoms with Gasteiger partial charge in [-0.15, -0.1) is 0 Å². The first-order chi connectivity index (χ1) is 20.1. The number of ether oxygens (including phenoxy) is 4. The van der Waals surface area contributed by atoms with Crippen molar-refractivity contribution in [1.82, 2.24) is 14.5 Å². The minimum atomic E-state index is -0.327. The highest BCUT2D eigenvalue weighted by Gasteiger charge is 2.24. The predicted molar refractivity (Wildman–Crippen MR) is 166 cm³/mol. The lowest BCUT2D eigenvalue weighted by Gasteiger charge is -2.29. The molecule has 0 unspecified atom stereocenters. The summed E-state index contributed by atoms with van der Waals surface area (Å²) in [5.74, 6) is 2.33. The zero-order valence-electron chi connectivity index (χ0n) is 23.9. The number of fused-ring (bicyclic) bond motifs is 1. The van der Waals surface area contributed by atoms with E-state index in [1.165, 1.54) is 12.8 Å². The van der Waals surface area contributed by atoms with Gasteiger partial charge in [0.25, 0.3) is 0 Å². The van der Waals surface area contributed by atoms with E-state index in [1.54, 1.807) is 0 Å². The lowest BCUT2D eigenvalue weighted by atomic mass is 10.1. The quantitative estimate of drug-likeness (QED) is 0.147. The highest BCUT2D eigenvalue weighted by molar-refractivity contribution is 14.1. The molecule has 41 heavy (non-hydrogen) atoms. The van der Waals surface area contributed by atoms with Crippen molar-refractivity contribution >= 4 is 34.5 Å². The van der Waals surface area contributed by atoms with Crippen molar-refractivity contribution in [3.8, 4) is 11.5 Å². The number of hydrogen-bond acceptors (Lipinski definition) is 8. The third-order valence-electron chi connectivity index (χ3n) is 7.46. The fraction of sp³-hybridized carbons (Fsp3) is 0.484. The van der Waals surface area contributed by atoms with E-state index in [-0.39, 0.29) is 5.97 Å². The number of carbonyl (C=O) groups is 1. The number of imidazole rings is 1. The van der Waals surface area contributed by atoms with Gasteiger partial charge in [0.1, 0.15) is 13.2 Å². The second-order valence-electron chi connectivity index (χ2n) is 10.4. The summed E-state index contributed by atoms with van der Waals surface area (Å²) in [5, 5.41) is 0. The highest BCUT2D eigenvalue weighted by atomic mass is 127. The molecule has 5 rings (SSSR count). The largest absolute Gasteiger partial charge is 0.486 e. The van der Waals surface area contributed by atoms with Gasteiger partial charge >= 0.3 is 5.97 Å². The van der Waals surface area contributed by atoms with Crippen molar-refractivity contribution in [1.29, 1.82) is 0 Å². The number of aromatic nitrogens is 2.